The number of carbonyl (C=O) groups excluding carboxylic acids is 4. The van der Waals surface area contributed by atoms with Gasteiger partial charge in [0, 0.05) is 19.9 Å². The molecule has 1 heterocycles. The second-order valence-electron chi connectivity index (χ2n) is 8.50. The molecule has 1 N–H and O–H groups in total. The van der Waals surface area contributed by atoms with Crippen LogP contribution in [0.2, 0.25) is 0 Å². The number of hydrogen-bond donors (Lipinski definition) is 1. The van der Waals surface area contributed by atoms with Gasteiger partial charge in [0.2, 0.25) is 11.8 Å². The summed E-state index contributed by atoms with van der Waals surface area (Å²) in [6.07, 6.45) is 0.713. The fraction of sp³-hybridized carbons (Fsp3) is 0.385. The molecule has 0 aliphatic carbocycles. The normalized spacial score (nSPS) is 16.7. The number of ether oxygens (including phenoxy) is 1. The predicted molar refractivity (Wildman–Crippen MR) is 131 cm³/mol. The van der Waals surface area contributed by atoms with Gasteiger partial charge in [-0.2, -0.15) is 0 Å². The second-order valence-corrected chi connectivity index (χ2v) is 9.88. The summed E-state index contributed by atoms with van der Waals surface area (Å²) in [5.41, 5.74) is 3.96. The Balaban J connectivity index is 1.76. The smallest absolute Gasteiger partial charge is 0.328 e. The molecule has 2 aromatic rings. The minimum Gasteiger partial charge on any atom is -0.467 e. The summed E-state index contributed by atoms with van der Waals surface area (Å²) in [6, 6.07) is 13.7. The van der Waals surface area contributed by atoms with Crippen LogP contribution in [-0.2, 0) is 43.3 Å². The molecule has 7 nitrogen and oxygen atoms in total. The number of methoxy groups -OCH3 is 1. The molecule has 0 fully saturated rings. The van der Waals surface area contributed by atoms with Crippen LogP contribution in [0.1, 0.15) is 36.1 Å². The Hall–Kier alpha value is -3.13. The quantitative estimate of drug-likeness (QED) is 0.610. The molecular formula is C26H30N2O5S. The first kappa shape index (κ1) is 25.5. The largest absolute Gasteiger partial charge is 0.467 e. The number of nitrogens with one attached hydrogen (secondary N) is 1. The van der Waals surface area contributed by atoms with Crippen LogP contribution in [-0.4, -0.2) is 52.2 Å². The number of hydrogen-bond acceptors (Lipinski definition) is 6. The molecule has 0 radical (unpaired) electrons. The summed E-state index contributed by atoms with van der Waals surface area (Å²) < 4.78 is 4.96. The second kappa shape index (κ2) is 11.3. The zero-order valence-electron chi connectivity index (χ0n) is 19.9. The van der Waals surface area contributed by atoms with E-state index in [0.717, 1.165) is 34.0 Å². The zero-order valence-corrected chi connectivity index (χ0v) is 20.7. The van der Waals surface area contributed by atoms with E-state index >= 15 is 0 Å². The molecule has 1 aliphatic heterocycles. The van der Waals surface area contributed by atoms with Crippen molar-refractivity contribution >= 4 is 34.7 Å². The molecule has 2 amide bonds. The Bertz CT molecular complexity index is 1070. The van der Waals surface area contributed by atoms with E-state index in [1.54, 1.807) is 6.92 Å². The lowest BCUT2D eigenvalue weighted by Gasteiger charge is -2.37. The number of aryl methyl sites for hydroxylation is 1. The van der Waals surface area contributed by atoms with Crippen LogP contribution in [0.25, 0.3) is 0 Å². The van der Waals surface area contributed by atoms with Crippen molar-refractivity contribution in [2.24, 2.45) is 0 Å². The van der Waals surface area contributed by atoms with Crippen molar-refractivity contribution in [3.63, 3.8) is 0 Å². The van der Waals surface area contributed by atoms with Crippen molar-refractivity contribution in [1.82, 2.24) is 10.2 Å². The van der Waals surface area contributed by atoms with E-state index in [1.807, 2.05) is 55.5 Å². The van der Waals surface area contributed by atoms with Crippen LogP contribution in [0.4, 0.5) is 0 Å². The van der Waals surface area contributed by atoms with Gasteiger partial charge in [-0.25, -0.2) is 4.79 Å². The first-order valence-corrected chi connectivity index (χ1v) is 12.1. The lowest BCUT2D eigenvalue weighted by Crippen LogP contribution is -2.56. The van der Waals surface area contributed by atoms with Crippen molar-refractivity contribution in [2.45, 2.75) is 57.5 Å². The molecule has 3 atom stereocenters. The molecule has 1 aliphatic rings. The van der Waals surface area contributed by atoms with Crippen LogP contribution in [0.15, 0.2) is 48.5 Å². The van der Waals surface area contributed by atoms with Gasteiger partial charge in [0.1, 0.15) is 12.1 Å². The molecular weight excluding hydrogens is 452 g/mol. The number of fused-ring (bicyclic) bond motifs is 1. The summed E-state index contributed by atoms with van der Waals surface area (Å²) in [5.74, 6) is -1.26. The summed E-state index contributed by atoms with van der Waals surface area (Å²) in [6.45, 7) is 5.24. The summed E-state index contributed by atoms with van der Waals surface area (Å²) in [7, 11) is 1.30. The van der Waals surface area contributed by atoms with Crippen LogP contribution >= 0.6 is 11.8 Å². The van der Waals surface area contributed by atoms with Crippen LogP contribution in [0.5, 0.6) is 0 Å². The van der Waals surface area contributed by atoms with Gasteiger partial charge in [0.05, 0.1) is 12.4 Å². The highest BCUT2D eigenvalue weighted by Crippen LogP contribution is 2.26. The van der Waals surface area contributed by atoms with Crippen molar-refractivity contribution in [1.29, 1.82) is 0 Å². The SMILES string of the molecule is COC(=O)[C@@H]1Cc2ccc(C)cc2CN1C(=O)[C@H](C)NC(=O)[C@H](Cc1ccccc1)SC(C)=O. The average molecular weight is 483 g/mol. The number of esters is 1. The Labute approximate surface area is 204 Å². The van der Waals surface area contributed by atoms with E-state index in [-0.39, 0.29) is 17.6 Å². The van der Waals surface area contributed by atoms with Gasteiger partial charge in [-0.05, 0) is 37.0 Å². The van der Waals surface area contributed by atoms with E-state index in [4.69, 9.17) is 4.74 Å². The molecule has 0 saturated heterocycles. The third kappa shape index (κ3) is 6.26. The van der Waals surface area contributed by atoms with Gasteiger partial charge in [-0.15, -0.1) is 0 Å². The minimum absolute atomic E-state index is 0.177. The number of nitrogens with zero attached hydrogens (tertiary/aromatic N) is 1. The molecule has 2 aromatic carbocycles. The maximum atomic E-state index is 13.4. The lowest BCUT2D eigenvalue weighted by molar-refractivity contribution is -0.154. The molecule has 0 bridgehead atoms. The molecule has 8 heteroatoms. The Morgan fingerprint density at radius 3 is 2.47 bits per heavy atom. The summed E-state index contributed by atoms with van der Waals surface area (Å²) in [5, 5.41) is 1.91. The molecule has 0 unspecified atom stereocenters. The standard InChI is InChI=1S/C26H30N2O5S/c1-16-10-11-20-14-22(26(32)33-4)28(15-21(20)12-16)25(31)17(2)27-24(30)23(34-18(3)29)13-19-8-6-5-7-9-19/h5-12,17,22-23H,13-15H2,1-4H3,(H,27,30)/t17-,22-,23-/m0/s1. The Morgan fingerprint density at radius 1 is 1.12 bits per heavy atom. The van der Waals surface area contributed by atoms with E-state index in [9.17, 15) is 19.2 Å². The van der Waals surface area contributed by atoms with Crippen molar-refractivity contribution in [2.75, 3.05) is 7.11 Å². The first-order chi connectivity index (χ1) is 16.2. The number of carbonyl (C=O) groups is 4. The summed E-state index contributed by atoms with van der Waals surface area (Å²) in [4.78, 5) is 52.2. The van der Waals surface area contributed by atoms with Gasteiger partial charge in [-0.3, -0.25) is 14.4 Å². The minimum atomic E-state index is -0.878. The van der Waals surface area contributed by atoms with Gasteiger partial charge in [0.15, 0.2) is 5.12 Å². The van der Waals surface area contributed by atoms with Crippen molar-refractivity contribution in [3.8, 4) is 0 Å². The maximum absolute atomic E-state index is 13.4. The Kier molecular flexibility index (Phi) is 8.50. The molecule has 3 rings (SSSR count). The highest BCUT2D eigenvalue weighted by Gasteiger charge is 2.38. The third-order valence-electron chi connectivity index (χ3n) is 5.84. The van der Waals surface area contributed by atoms with Crippen LogP contribution in [0.3, 0.4) is 0 Å². The molecule has 0 aromatic heterocycles. The first-order valence-electron chi connectivity index (χ1n) is 11.2. The van der Waals surface area contributed by atoms with Gasteiger partial charge < -0.3 is 15.0 Å². The van der Waals surface area contributed by atoms with Gasteiger partial charge in [-0.1, -0.05) is 65.9 Å². The Morgan fingerprint density at radius 2 is 1.82 bits per heavy atom. The van der Waals surface area contributed by atoms with E-state index in [2.05, 4.69) is 5.32 Å². The maximum Gasteiger partial charge on any atom is 0.328 e. The number of benzene rings is 2. The van der Waals surface area contributed by atoms with E-state index in [0.29, 0.717) is 12.8 Å². The molecule has 180 valence electrons. The number of amides is 2. The van der Waals surface area contributed by atoms with Crippen molar-refractivity contribution < 1.29 is 23.9 Å². The molecule has 34 heavy (non-hydrogen) atoms. The average Bonchev–Trinajstić information content (AvgIpc) is 2.82. The van der Waals surface area contributed by atoms with Gasteiger partial charge in [0.25, 0.3) is 0 Å². The van der Waals surface area contributed by atoms with E-state index < -0.39 is 29.2 Å². The van der Waals surface area contributed by atoms with Crippen molar-refractivity contribution in [3.05, 3.63) is 70.8 Å². The fourth-order valence-corrected chi connectivity index (χ4v) is 4.98. The number of thioether (sulfide) groups is 1. The lowest BCUT2D eigenvalue weighted by atomic mass is 9.92. The highest BCUT2D eigenvalue weighted by atomic mass is 32.2. The van der Waals surface area contributed by atoms with E-state index in [1.165, 1.54) is 18.9 Å². The number of rotatable bonds is 7. The topological polar surface area (TPSA) is 92.8 Å². The molecule has 0 saturated carbocycles. The van der Waals surface area contributed by atoms with Crippen LogP contribution < -0.4 is 5.32 Å². The predicted octanol–water partition coefficient (Wildman–Crippen LogP) is 2.82. The van der Waals surface area contributed by atoms with Crippen LogP contribution in [0, 0.1) is 6.92 Å². The molecule has 0 spiro atoms. The summed E-state index contributed by atoms with van der Waals surface area (Å²) >= 11 is 0.943. The fourth-order valence-electron chi connectivity index (χ4n) is 4.12. The zero-order chi connectivity index (χ0) is 24.8. The highest BCUT2D eigenvalue weighted by molar-refractivity contribution is 8.14. The third-order valence-corrected chi connectivity index (χ3v) is 6.84. The monoisotopic (exact) mass is 482 g/mol. The van der Waals surface area contributed by atoms with Gasteiger partial charge >= 0.3 is 5.97 Å².